The van der Waals surface area contributed by atoms with Crippen LogP contribution >= 0.6 is 0 Å². The van der Waals surface area contributed by atoms with Gasteiger partial charge >= 0.3 is 12.2 Å². The summed E-state index contributed by atoms with van der Waals surface area (Å²) in [5.74, 6) is -0.00370. The molecule has 0 heterocycles. The van der Waals surface area contributed by atoms with Gasteiger partial charge < -0.3 is 14.7 Å². The number of aliphatic imine (C=N–C) groups is 1. The Morgan fingerprint density at radius 1 is 1.00 bits per heavy atom. The maximum absolute atomic E-state index is 11.6. The molecule has 0 radical (unpaired) electrons. The third kappa shape index (κ3) is 10.2. The number of carbonyl (C=O) groups is 2. The summed E-state index contributed by atoms with van der Waals surface area (Å²) in [6.07, 6.45) is -1.48. The fourth-order valence-corrected chi connectivity index (χ4v) is 1.06. The average Bonchev–Trinajstić information content (AvgIpc) is 2.10. The molecule has 0 aromatic heterocycles. The smallest absolute Gasteiger partial charge is 0.437 e. The molecule has 0 saturated carbocycles. The molecule has 2 amide bonds. The number of rotatable bonds is 1. The third-order valence-electron chi connectivity index (χ3n) is 1.56. The normalized spacial score (nSPS) is 12.4. The second kappa shape index (κ2) is 7.16. The lowest BCUT2D eigenvalue weighted by Crippen LogP contribution is -2.45. The molecular weight excluding hydrogens is 261 g/mol. The number of hydrogen-bond donors (Lipinski definition) is 2. The van der Waals surface area contributed by atoms with Gasteiger partial charge in [-0.2, -0.15) is 0 Å². The number of hydrogen-bond acceptors (Lipinski definition) is 4. The quantitative estimate of drug-likeness (QED) is 0.435. The summed E-state index contributed by atoms with van der Waals surface area (Å²) >= 11 is 0. The Kier molecular flexibility index (Phi) is 6.54. The van der Waals surface area contributed by atoms with Crippen LogP contribution in [-0.2, 0) is 9.47 Å². The Balaban J connectivity index is 4.72. The van der Waals surface area contributed by atoms with E-state index in [0.717, 1.165) is 0 Å². The van der Waals surface area contributed by atoms with E-state index in [9.17, 15) is 9.59 Å². The second-order valence-electron chi connectivity index (χ2n) is 6.10. The van der Waals surface area contributed by atoms with Crippen molar-refractivity contribution >= 4 is 25.6 Å². The van der Waals surface area contributed by atoms with E-state index in [1.54, 1.807) is 48.4 Å². The van der Waals surface area contributed by atoms with Crippen molar-refractivity contribution in [1.29, 1.82) is 0 Å². The van der Waals surface area contributed by atoms with Crippen molar-refractivity contribution in [2.45, 2.75) is 59.6 Å². The Morgan fingerprint density at radius 2 is 1.50 bits per heavy atom. The molecule has 0 spiro atoms. The van der Waals surface area contributed by atoms with Crippen molar-refractivity contribution in [3.63, 3.8) is 0 Å². The van der Waals surface area contributed by atoms with Gasteiger partial charge in [0.2, 0.25) is 7.41 Å². The Labute approximate surface area is 120 Å². The molecule has 0 aromatic rings. The third-order valence-corrected chi connectivity index (χ3v) is 1.56. The summed E-state index contributed by atoms with van der Waals surface area (Å²) in [6.45, 7) is 12.2. The maximum atomic E-state index is 11.6. The number of nitrogens with one attached hydrogen (secondary N) is 2. The molecule has 0 aromatic carbocycles. The van der Waals surface area contributed by atoms with Crippen LogP contribution in [0.5, 0.6) is 0 Å². The molecule has 0 atom stereocenters. The van der Waals surface area contributed by atoms with Crippen molar-refractivity contribution < 1.29 is 19.1 Å². The van der Waals surface area contributed by atoms with E-state index in [2.05, 4.69) is 15.5 Å². The molecule has 2 N–H and O–H groups in total. The van der Waals surface area contributed by atoms with Crippen LogP contribution in [0, 0.1) is 0 Å². The molecule has 0 unspecified atom stereocenters. The summed E-state index contributed by atoms with van der Waals surface area (Å²) in [7, 11) is 0.484. The first kappa shape index (κ1) is 18.3. The predicted molar refractivity (Wildman–Crippen MR) is 79.2 cm³/mol. The molecule has 0 aliphatic heterocycles. The summed E-state index contributed by atoms with van der Waals surface area (Å²) in [5, 5.41) is 5.12. The van der Waals surface area contributed by atoms with Gasteiger partial charge in [-0.25, -0.2) is 9.59 Å². The lowest BCUT2D eigenvalue weighted by Gasteiger charge is -2.20. The van der Waals surface area contributed by atoms with Gasteiger partial charge in [-0.05, 0) is 41.5 Å². The number of carbonyl (C=O) groups excluding carboxylic acids is 2. The lowest BCUT2D eigenvalue weighted by atomic mass is 10.0. The van der Waals surface area contributed by atoms with Crippen molar-refractivity contribution in [3.8, 4) is 0 Å². The summed E-state index contributed by atoms with van der Waals surface area (Å²) in [4.78, 5) is 26.8. The highest BCUT2D eigenvalue weighted by atomic mass is 16.6. The summed E-state index contributed by atoms with van der Waals surface area (Å²) in [6, 6.07) is 0. The first-order valence-corrected chi connectivity index (χ1v) is 6.48. The average molecular weight is 285 g/mol. The zero-order valence-electron chi connectivity index (χ0n) is 13.3. The summed E-state index contributed by atoms with van der Waals surface area (Å²) < 4.78 is 10.1. The standard InChI is InChI=1S/C12H24BN3O4/c1-11(2,3)19-9(17)14-8(16-13-7)15-10(18)20-12(4,5)6/h13H,1-7H3,(H2,14,15,16,17,18). The maximum Gasteiger partial charge on any atom is 0.437 e. The minimum Gasteiger partial charge on any atom is -0.444 e. The van der Waals surface area contributed by atoms with Gasteiger partial charge in [-0.3, -0.25) is 5.32 Å². The number of guanidine groups is 1. The zero-order valence-corrected chi connectivity index (χ0v) is 13.3. The van der Waals surface area contributed by atoms with Crippen LogP contribution in [0.4, 0.5) is 9.59 Å². The SMILES string of the molecule is CBN/C(=N/C(=O)OC(C)(C)C)NC(=O)OC(C)(C)C. The van der Waals surface area contributed by atoms with Gasteiger partial charge in [0.25, 0.3) is 0 Å². The van der Waals surface area contributed by atoms with Crippen molar-refractivity contribution in [2.75, 3.05) is 0 Å². The highest BCUT2D eigenvalue weighted by molar-refractivity contribution is 6.36. The first-order valence-electron chi connectivity index (χ1n) is 6.48. The lowest BCUT2D eigenvalue weighted by molar-refractivity contribution is 0.0561. The number of ether oxygens (including phenoxy) is 2. The molecule has 7 nitrogen and oxygen atoms in total. The zero-order chi connectivity index (χ0) is 16.0. The van der Waals surface area contributed by atoms with Crippen LogP contribution in [0.1, 0.15) is 41.5 Å². The van der Waals surface area contributed by atoms with E-state index in [1.165, 1.54) is 0 Å². The molecule has 114 valence electrons. The van der Waals surface area contributed by atoms with Crippen LogP contribution in [0.3, 0.4) is 0 Å². The van der Waals surface area contributed by atoms with Gasteiger partial charge in [0.05, 0.1) is 0 Å². The topological polar surface area (TPSA) is 89.0 Å². The predicted octanol–water partition coefficient (Wildman–Crippen LogP) is 1.79. The fraction of sp³-hybridized carbons (Fsp3) is 0.750. The summed E-state index contributed by atoms with van der Waals surface area (Å²) in [5.41, 5.74) is -1.28. The molecule has 0 aliphatic carbocycles. The van der Waals surface area contributed by atoms with E-state index in [4.69, 9.17) is 9.47 Å². The van der Waals surface area contributed by atoms with Crippen molar-refractivity contribution in [3.05, 3.63) is 0 Å². The van der Waals surface area contributed by atoms with Crippen LogP contribution in [0.15, 0.2) is 4.99 Å². The Morgan fingerprint density at radius 3 is 1.90 bits per heavy atom. The largest absolute Gasteiger partial charge is 0.444 e. The van der Waals surface area contributed by atoms with Crippen LogP contribution in [0.25, 0.3) is 0 Å². The van der Waals surface area contributed by atoms with Gasteiger partial charge in [-0.1, -0.05) is 6.82 Å². The molecular formula is C12H24BN3O4. The monoisotopic (exact) mass is 285 g/mol. The molecule has 0 saturated heterocycles. The molecule has 0 aliphatic rings. The van der Waals surface area contributed by atoms with Crippen LogP contribution in [-0.4, -0.2) is 36.8 Å². The molecule has 0 bridgehead atoms. The molecule has 0 fully saturated rings. The second-order valence-corrected chi connectivity index (χ2v) is 6.10. The fourth-order valence-electron chi connectivity index (χ4n) is 1.06. The molecule has 20 heavy (non-hydrogen) atoms. The van der Waals surface area contributed by atoms with Crippen molar-refractivity contribution in [2.24, 2.45) is 4.99 Å². The molecule has 8 heteroatoms. The van der Waals surface area contributed by atoms with E-state index in [1.807, 2.05) is 0 Å². The number of alkyl carbamates (subject to hydrolysis) is 1. The minimum absolute atomic E-state index is 0.00370. The van der Waals surface area contributed by atoms with E-state index in [0.29, 0.717) is 7.41 Å². The van der Waals surface area contributed by atoms with Gasteiger partial charge in [0, 0.05) is 0 Å². The van der Waals surface area contributed by atoms with E-state index < -0.39 is 23.4 Å². The van der Waals surface area contributed by atoms with E-state index in [-0.39, 0.29) is 5.96 Å². The van der Waals surface area contributed by atoms with Crippen molar-refractivity contribution in [1.82, 2.24) is 10.5 Å². The number of nitrogens with zero attached hydrogens (tertiary/aromatic N) is 1. The van der Waals surface area contributed by atoms with Crippen LogP contribution < -0.4 is 10.5 Å². The molecule has 0 rings (SSSR count). The highest BCUT2D eigenvalue weighted by Crippen LogP contribution is 2.08. The number of amides is 2. The van der Waals surface area contributed by atoms with Gasteiger partial charge in [-0.15, -0.1) is 4.99 Å². The minimum atomic E-state index is -0.787. The highest BCUT2D eigenvalue weighted by Gasteiger charge is 2.19. The Bertz CT molecular complexity index is 383. The van der Waals surface area contributed by atoms with Gasteiger partial charge in [0.1, 0.15) is 11.2 Å². The van der Waals surface area contributed by atoms with Gasteiger partial charge in [0.15, 0.2) is 5.96 Å². The Hall–Kier alpha value is -1.73. The first-order chi connectivity index (χ1) is 8.93. The van der Waals surface area contributed by atoms with E-state index >= 15 is 0 Å². The van der Waals surface area contributed by atoms with Crippen LogP contribution in [0.2, 0.25) is 6.82 Å².